The number of ether oxygens (including phenoxy) is 2. The number of benzene rings is 1. The second-order valence-corrected chi connectivity index (χ2v) is 6.67. The zero-order valence-electron chi connectivity index (χ0n) is 16.2. The molecule has 2 rings (SSSR count). The van der Waals surface area contributed by atoms with Gasteiger partial charge in [0.2, 0.25) is 0 Å². The summed E-state index contributed by atoms with van der Waals surface area (Å²) in [7, 11) is 0. The zero-order chi connectivity index (χ0) is 18.8. The highest BCUT2D eigenvalue weighted by Gasteiger charge is 2.13. The molecule has 0 bridgehead atoms. The van der Waals surface area contributed by atoms with Gasteiger partial charge in [-0.05, 0) is 57.2 Å². The van der Waals surface area contributed by atoms with Crippen LogP contribution in [0.4, 0.5) is 4.39 Å². The van der Waals surface area contributed by atoms with E-state index in [0.29, 0.717) is 24.8 Å². The molecule has 0 radical (unpaired) electrons. The molecular weight excluding hydrogens is 333 g/mol. The Kier molecular flexibility index (Phi) is 8.85. The van der Waals surface area contributed by atoms with E-state index in [9.17, 15) is 4.39 Å². The second kappa shape index (κ2) is 11.1. The zero-order valence-corrected chi connectivity index (χ0v) is 16.2. The van der Waals surface area contributed by atoms with Gasteiger partial charge in [-0.25, -0.2) is 4.39 Å². The van der Waals surface area contributed by atoms with Crippen molar-refractivity contribution < 1.29 is 13.9 Å². The number of hydrogen-bond acceptors (Lipinski definition) is 3. The first-order valence-electron chi connectivity index (χ1n) is 9.60. The normalized spacial score (nSPS) is 17.2. The lowest BCUT2D eigenvalue weighted by Crippen LogP contribution is -2.38. The minimum Gasteiger partial charge on any atom is -0.381 e. The fourth-order valence-electron chi connectivity index (χ4n) is 2.83. The molecule has 0 amide bonds. The van der Waals surface area contributed by atoms with Crippen molar-refractivity contribution in [3.8, 4) is 0 Å². The van der Waals surface area contributed by atoms with Crippen LogP contribution in [0.1, 0.15) is 50.3 Å². The van der Waals surface area contributed by atoms with Gasteiger partial charge in [0.15, 0.2) is 5.96 Å². The maximum absolute atomic E-state index is 13.8. The van der Waals surface area contributed by atoms with Crippen molar-refractivity contribution in [1.29, 1.82) is 0 Å². The monoisotopic (exact) mass is 365 g/mol. The van der Waals surface area contributed by atoms with E-state index < -0.39 is 0 Å². The van der Waals surface area contributed by atoms with E-state index >= 15 is 0 Å². The van der Waals surface area contributed by atoms with Crippen LogP contribution in [0.2, 0.25) is 0 Å². The molecule has 0 aromatic heterocycles. The fourth-order valence-corrected chi connectivity index (χ4v) is 2.83. The van der Waals surface area contributed by atoms with Crippen molar-refractivity contribution in [2.75, 3.05) is 32.9 Å². The summed E-state index contributed by atoms with van der Waals surface area (Å²) in [6, 6.07) is 5.31. The third kappa shape index (κ3) is 6.92. The Morgan fingerprint density at radius 2 is 2.15 bits per heavy atom. The molecule has 1 unspecified atom stereocenters. The maximum atomic E-state index is 13.8. The quantitative estimate of drug-likeness (QED) is 0.421. The first kappa shape index (κ1) is 20.6. The highest BCUT2D eigenvalue weighted by atomic mass is 19.1. The van der Waals surface area contributed by atoms with E-state index in [2.05, 4.69) is 15.6 Å². The lowest BCUT2D eigenvalue weighted by atomic mass is 10.1. The molecule has 1 saturated heterocycles. The van der Waals surface area contributed by atoms with E-state index in [1.165, 1.54) is 0 Å². The Morgan fingerprint density at radius 3 is 2.85 bits per heavy atom. The van der Waals surface area contributed by atoms with Crippen LogP contribution in [-0.2, 0) is 9.47 Å². The van der Waals surface area contributed by atoms with Crippen LogP contribution in [0.5, 0.6) is 0 Å². The van der Waals surface area contributed by atoms with Crippen LogP contribution in [0.3, 0.4) is 0 Å². The van der Waals surface area contributed by atoms with E-state index in [1.807, 2.05) is 19.9 Å². The summed E-state index contributed by atoms with van der Waals surface area (Å²) >= 11 is 0. The average molecular weight is 365 g/mol. The lowest BCUT2D eigenvalue weighted by molar-refractivity contribution is -0.0318. The molecule has 1 aliphatic heterocycles. The van der Waals surface area contributed by atoms with Gasteiger partial charge in [-0.15, -0.1) is 0 Å². The molecule has 5 nitrogen and oxygen atoms in total. The molecule has 146 valence electrons. The Bertz CT molecular complexity index is 574. The van der Waals surface area contributed by atoms with Crippen LogP contribution in [-0.4, -0.2) is 45.0 Å². The van der Waals surface area contributed by atoms with Gasteiger partial charge in [0.25, 0.3) is 0 Å². The topological polar surface area (TPSA) is 54.9 Å². The third-order valence-electron chi connectivity index (χ3n) is 4.49. The minimum absolute atomic E-state index is 0.0265. The van der Waals surface area contributed by atoms with Crippen LogP contribution >= 0.6 is 0 Å². The standard InChI is InChI=1S/C20H32FN3O2/c1-4-22-20(23-10-5-11-26-18-8-12-25-13-9-18)24-16(3)17-7-6-15(2)19(21)14-17/h6-7,14,16,18H,4-5,8-13H2,1-3H3,(H2,22,23,24). The van der Waals surface area contributed by atoms with Gasteiger partial charge in [0, 0.05) is 32.9 Å². The van der Waals surface area contributed by atoms with E-state index in [-0.39, 0.29) is 11.9 Å². The molecule has 0 spiro atoms. The summed E-state index contributed by atoms with van der Waals surface area (Å²) in [5.74, 6) is 0.565. The van der Waals surface area contributed by atoms with Gasteiger partial charge in [0.1, 0.15) is 5.82 Å². The summed E-state index contributed by atoms with van der Waals surface area (Å²) in [5, 5.41) is 6.57. The molecule has 1 aromatic rings. The summed E-state index contributed by atoms with van der Waals surface area (Å²) in [6.07, 6.45) is 3.17. The first-order chi connectivity index (χ1) is 12.6. The van der Waals surface area contributed by atoms with Gasteiger partial charge in [-0.2, -0.15) is 0 Å². The molecule has 1 fully saturated rings. The van der Waals surface area contributed by atoms with Gasteiger partial charge < -0.3 is 20.1 Å². The molecule has 0 aliphatic carbocycles. The number of guanidine groups is 1. The Morgan fingerprint density at radius 1 is 1.38 bits per heavy atom. The first-order valence-corrected chi connectivity index (χ1v) is 9.60. The predicted octanol–water partition coefficient (Wildman–Crippen LogP) is 3.34. The Labute approximate surface area is 156 Å². The number of rotatable bonds is 8. The highest BCUT2D eigenvalue weighted by Crippen LogP contribution is 2.16. The molecule has 1 heterocycles. The highest BCUT2D eigenvalue weighted by molar-refractivity contribution is 5.80. The van der Waals surface area contributed by atoms with Gasteiger partial charge in [-0.1, -0.05) is 12.1 Å². The maximum Gasteiger partial charge on any atom is 0.191 e. The molecule has 1 aromatic carbocycles. The van der Waals surface area contributed by atoms with Crippen molar-refractivity contribution in [3.63, 3.8) is 0 Å². The smallest absolute Gasteiger partial charge is 0.191 e. The van der Waals surface area contributed by atoms with Crippen molar-refractivity contribution in [2.45, 2.75) is 52.2 Å². The Balaban J connectivity index is 1.78. The van der Waals surface area contributed by atoms with Crippen molar-refractivity contribution in [1.82, 2.24) is 10.6 Å². The number of nitrogens with one attached hydrogen (secondary N) is 2. The SMILES string of the molecule is CCNC(=NCCCOC1CCOCC1)NC(C)c1ccc(C)c(F)c1. The summed E-state index contributed by atoms with van der Waals surface area (Å²) in [4.78, 5) is 4.60. The van der Waals surface area contributed by atoms with E-state index in [0.717, 1.165) is 50.5 Å². The molecule has 1 aliphatic rings. The molecule has 6 heteroatoms. The van der Waals surface area contributed by atoms with Crippen LogP contribution < -0.4 is 10.6 Å². The largest absolute Gasteiger partial charge is 0.381 e. The number of aliphatic imine (C=N–C) groups is 1. The predicted molar refractivity (Wildman–Crippen MR) is 103 cm³/mol. The summed E-state index contributed by atoms with van der Waals surface area (Å²) in [6.45, 7) is 9.58. The second-order valence-electron chi connectivity index (χ2n) is 6.67. The number of halogens is 1. The number of hydrogen-bond donors (Lipinski definition) is 2. The average Bonchev–Trinajstić information content (AvgIpc) is 2.64. The number of aryl methyl sites for hydroxylation is 1. The van der Waals surface area contributed by atoms with Gasteiger partial charge >= 0.3 is 0 Å². The minimum atomic E-state index is -0.177. The van der Waals surface area contributed by atoms with Crippen molar-refractivity contribution in [2.24, 2.45) is 4.99 Å². The Hall–Kier alpha value is -1.66. The molecule has 26 heavy (non-hydrogen) atoms. The van der Waals surface area contributed by atoms with Crippen LogP contribution in [0, 0.1) is 12.7 Å². The summed E-state index contributed by atoms with van der Waals surface area (Å²) in [5.41, 5.74) is 1.56. The van der Waals surface area contributed by atoms with E-state index in [1.54, 1.807) is 19.1 Å². The van der Waals surface area contributed by atoms with Crippen LogP contribution in [0.25, 0.3) is 0 Å². The van der Waals surface area contributed by atoms with Crippen LogP contribution in [0.15, 0.2) is 23.2 Å². The molecule has 0 saturated carbocycles. The summed E-state index contributed by atoms with van der Waals surface area (Å²) < 4.78 is 25.0. The van der Waals surface area contributed by atoms with E-state index in [4.69, 9.17) is 9.47 Å². The van der Waals surface area contributed by atoms with Crippen molar-refractivity contribution in [3.05, 3.63) is 35.1 Å². The third-order valence-corrected chi connectivity index (χ3v) is 4.49. The number of nitrogens with zero attached hydrogens (tertiary/aromatic N) is 1. The molecule has 1 atom stereocenters. The molecule has 2 N–H and O–H groups in total. The van der Waals surface area contributed by atoms with Gasteiger partial charge in [0.05, 0.1) is 12.1 Å². The lowest BCUT2D eigenvalue weighted by Gasteiger charge is -2.22. The fraction of sp³-hybridized carbons (Fsp3) is 0.650. The van der Waals surface area contributed by atoms with Crippen molar-refractivity contribution >= 4 is 5.96 Å². The van der Waals surface area contributed by atoms with Gasteiger partial charge in [-0.3, -0.25) is 4.99 Å². The molecular formula is C20H32FN3O2.